The molecule has 2 rings (SSSR count). The number of aryl methyl sites for hydroxylation is 1. The van der Waals surface area contributed by atoms with Gasteiger partial charge in [-0.05, 0) is 38.1 Å². The lowest BCUT2D eigenvalue weighted by atomic mass is 10.2. The van der Waals surface area contributed by atoms with Crippen molar-refractivity contribution in [2.75, 3.05) is 23.3 Å². The molecule has 0 atom stereocenters. The maximum Gasteiger partial charge on any atom is 0.230 e. The second kappa shape index (κ2) is 7.50. The zero-order valence-electron chi connectivity index (χ0n) is 11.6. The lowest BCUT2D eigenvalue weighted by Gasteiger charge is -2.21. The summed E-state index contributed by atoms with van der Waals surface area (Å²) >= 11 is 5.01. The predicted octanol–water partition coefficient (Wildman–Crippen LogP) is 5.09. The standard InChI is InChI=1S/C14H17BrN4S/c1-3-19(9-8-15)13-6-4-12(5-7-13)17-18-14-16-10-11(2)20-14/h4-7,10H,3,8-9H2,1-2H3. The summed E-state index contributed by atoms with van der Waals surface area (Å²) in [6.45, 7) is 6.15. The van der Waals surface area contributed by atoms with Crippen LogP contribution >= 0.6 is 27.3 Å². The van der Waals surface area contributed by atoms with Crippen molar-refractivity contribution in [2.24, 2.45) is 10.2 Å². The lowest BCUT2D eigenvalue weighted by molar-refractivity contribution is 0.875. The second-order valence-electron chi connectivity index (χ2n) is 4.24. The molecule has 0 fully saturated rings. The topological polar surface area (TPSA) is 40.9 Å². The van der Waals surface area contributed by atoms with Crippen LogP contribution in [0.5, 0.6) is 0 Å². The van der Waals surface area contributed by atoms with Gasteiger partial charge in [0.1, 0.15) is 0 Å². The van der Waals surface area contributed by atoms with Crippen molar-refractivity contribution in [3.05, 3.63) is 35.3 Å². The van der Waals surface area contributed by atoms with Gasteiger partial charge < -0.3 is 4.90 Å². The Bertz CT molecular complexity index is 565. The molecule has 0 radical (unpaired) electrons. The van der Waals surface area contributed by atoms with Gasteiger partial charge in [0.15, 0.2) is 0 Å². The quantitative estimate of drug-likeness (QED) is 0.536. The third-order valence-corrected chi connectivity index (χ3v) is 3.96. The first-order valence-electron chi connectivity index (χ1n) is 6.48. The Morgan fingerprint density at radius 2 is 2.00 bits per heavy atom. The van der Waals surface area contributed by atoms with Crippen LogP contribution < -0.4 is 4.90 Å². The summed E-state index contributed by atoms with van der Waals surface area (Å²) in [4.78, 5) is 7.61. The minimum Gasteiger partial charge on any atom is -0.371 e. The summed E-state index contributed by atoms with van der Waals surface area (Å²) in [5.41, 5.74) is 2.05. The van der Waals surface area contributed by atoms with Crippen molar-refractivity contribution >= 4 is 43.8 Å². The molecular weight excluding hydrogens is 336 g/mol. The molecule has 0 N–H and O–H groups in total. The van der Waals surface area contributed by atoms with Gasteiger partial charge in [0.25, 0.3) is 0 Å². The number of azo groups is 1. The Kier molecular flexibility index (Phi) is 5.67. The molecule has 0 amide bonds. The normalized spacial score (nSPS) is 11.2. The molecule has 0 aliphatic rings. The first-order chi connectivity index (χ1) is 9.72. The monoisotopic (exact) mass is 352 g/mol. The van der Waals surface area contributed by atoms with Gasteiger partial charge in [-0.3, -0.25) is 0 Å². The zero-order chi connectivity index (χ0) is 14.4. The number of halogens is 1. The van der Waals surface area contributed by atoms with E-state index < -0.39 is 0 Å². The van der Waals surface area contributed by atoms with E-state index in [1.165, 1.54) is 5.69 Å². The Hall–Kier alpha value is -1.27. The highest BCUT2D eigenvalue weighted by Gasteiger charge is 2.03. The molecular formula is C14H17BrN4S. The third-order valence-electron chi connectivity index (χ3n) is 2.81. The van der Waals surface area contributed by atoms with Crippen molar-refractivity contribution < 1.29 is 0 Å². The molecule has 0 saturated carbocycles. The van der Waals surface area contributed by atoms with Gasteiger partial charge in [-0.15, -0.1) is 10.2 Å². The van der Waals surface area contributed by atoms with Gasteiger partial charge in [0.05, 0.1) is 5.69 Å². The Morgan fingerprint density at radius 3 is 2.55 bits per heavy atom. The highest BCUT2D eigenvalue weighted by Crippen LogP contribution is 2.24. The fourth-order valence-corrected chi connectivity index (χ4v) is 2.80. The molecule has 0 aliphatic heterocycles. The first kappa shape index (κ1) is 15.1. The van der Waals surface area contributed by atoms with E-state index in [1.54, 1.807) is 11.3 Å². The van der Waals surface area contributed by atoms with E-state index >= 15 is 0 Å². The van der Waals surface area contributed by atoms with Gasteiger partial charge in [-0.25, -0.2) is 4.98 Å². The van der Waals surface area contributed by atoms with Crippen LogP contribution in [0.25, 0.3) is 0 Å². The van der Waals surface area contributed by atoms with Crippen LogP contribution in [-0.2, 0) is 0 Å². The van der Waals surface area contributed by atoms with Crippen LogP contribution in [0.2, 0.25) is 0 Å². The molecule has 0 spiro atoms. The predicted molar refractivity (Wildman–Crippen MR) is 89.2 cm³/mol. The minimum atomic E-state index is 0.695. The SMILES string of the molecule is CCN(CCBr)c1ccc(N=Nc2ncc(C)s2)cc1. The minimum absolute atomic E-state index is 0.695. The molecule has 2 aromatic rings. The number of hydrogen-bond donors (Lipinski definition) is 0. The zero-order valence-corrected chi connectivity index (χ0v) is 14.0. The van der Waals surface area contributed by atoms with Gasteiger partial charge in [0, 0.05) is 35.2 Å². The molecule has 4 nitrogen and oxygen atoms in total. The molecule has 20 heavy (non-hydrogen) atoms. The maximum atomic E-state index is 4.21. The van der Waals surface area contributed by atoms with E-state index in [2.05, 4.69) is 55.1 Å². The smallest absolute Gasteiger partial charge is 0.230 e. The van der Waals surface area contributed by atoms with E-state index in [4.69, 9.17) is 0 Å². The van der Waals surface area contributed by atoms with Crippen LogP contribution in [0.4, 0.5) is 16.5 Å². The van der Waals surface area contributed by atoms with Crippen LogP contribution in [0, 0.1) is 6.92 Å². The van der Waals surface area contributed by atoms with Gasteiger partial charge >= 0.3 is 0 Å². The third kappa shape index (κ3) is 4.11. The highest BCUT2D eigenvalue weighted by atomic mass is 79.9. The summed E-state index contributed by atoms with van der Waals surface area (Å²) < 4.78 is 0. The number of thiazole rings is 1. The van der Waals surface area contributed by atoms with Crippen LogP contribution in [0.15, 0.2) is 40.7 Å². The summed E-state index contributed by atoms with van der Waals surface area (Å²) in [5, 5.41) is 10.0. The van der Waals surface area contributed by atoms with Crippen molar-refractivity contribution in [1.82, 2.24) is 4.98 Å². The number of nitrogens with zero attached hydrogens (tertiary/aromatic N) is 4. The van der Waals surface area contributed by atoms with Crippen molar-refractivity contribution in [1.29, 1.82) is 0 Å². The fourth-order valence-electron chi connectivity index (χ4n) is 1.79. The number of benzene rings is 1. The van der Waals surface area contributed by atoms with Crippen LogP contribution in [-0.4, -0.2) is 23.4 Å². The Morgan fingerprint density at radius 1 is 1.25 bits per heavy atom. The van der Waals surface area contributed by atoms with Crippen LogP contribution in [0.1, 0.15) is 11.8 Å². The largest absolute Gasteiger partial charge is 0.371 e. The van der Waals surface area contributed by atoms with E-state index in [1.807, 2.05) is 25.3 Å². The van der Waals surface area contributed by atoms with E-state index in [-0.39, 0.29) is 0 Å². The molecule has 1 aromatic carbocycles. The molecule has 0 unspecified atom stereocenters. The second-order valence-corrected chi connectivity index (χ2v) is 6.24. The van der Waals surface area contributed by atoms with Gasteiger partial charge in [-0.1, -0.05) is 27.3 Å². The summed E-state index contributed by atoms with van der Waals surface area (Å²) in [7, 11) is 0. The Balaban J connectivity index is 2.06. The van der Waals surface area contributed by atoms with Crippen molar-refractivity contribution in [3.63, 3.8) is 0 Å². The first-order valence-corrected chi connectivity index (χ1v) is 8.42. The average molecular weight is 353 g/mol. The maximum absolute atomic E-state index is 4.21. The van der Waals surface area contributed by atoms with E-state index in [0.717, 1.165) is 29.0 Å². The number of rotatable bonds is 6. The van der Waals surface area contributed by atoms with E-state index in [9.17, 15) is 0 Å². The molecule has 0 bridgehead atoms. The summed E-state index contributed by atoms with van der Waals surface area (Å²) in [6, 6.07) is 8.12. The van der Waals surface area contributed by atoms with Crippen molar-refractivity contribution in [2.45, 2.75) is 13.8 Å². The molecule has 0 aliphatic carbocycles. The number of anilines is 1. The van der Waals surface area contributed by atoms with Crippen molar-refractivity contribution in [3.8, 4) is 0 Å². The molecule has 6 heteroatoms. The molecule has 0 saturated heterocycles. The number of hydrogen-bond acceptors (Lipinski definition) is 5. The average Bonchev–Trinajstić information content (AvgIpc) is 2.89. The number of alkyl halides is 1. The molecule has 1 heterocycles. The van der Waals surface area contributed by atoms with Crippen LogP contribution in [0.3, 0.4) is 0 Å². The van der Waals surface area contributed by atoms with Gasteiger partial charge in [0.2, 0.25) is 5.13 Å². The fraction of sp³-hybridized carbons (Fsp3) is 0.357. The highest BCUT2D eigenvalue weighted by molar-refractivity contribution is 9.09. The Labute approximate surface area is 131 Å². The van der Waals surface area contributed by atoms with E-state index in [0.29, 0.717) is 5.13 Å². The number of aromatic nitrogens is 1. The summed E-state index contributed by atoms with van der Waals surface area (Å²) in [5.74, 6) is 0. The lowest BCUT2D eigenvalue weighted by Crippen LogP contribution is -2.24. The van der Waals surface area contributed by atoms with Gasteiger partial charge in [-0.2, -0.15) is 0 Å². The molecule has 1 aromatic heterocycles. The summed E-state index contributed by atoms with van der Waals surface area (Å²) in [6.07, 6.45) is 1.81. The molecule has 106 valence electrons.